The Bertz CT molecular complexity index is 437. The van der Waals surface area contributed by atoms with E-state index < -0.39 is 0 Å². The van der Waals surface area contributed by atoms with Gasteiger partial charge < -0.3 is 10.2 Å². The fourth-order valence-electron chi connectivity index (χ4n) is 2.03. The van der Waals surface area contributed by atoms with E-state index in [9.17, 15) is 4.79 Å². The van der Waals surface area contributed by atoms with Crippen molar-refractivity contribution in [1.29, 1.82) is 0 Å². The predicted octanol–water partition coefficient (Wildman–Crippen LogP) is 2.50. The molecule has 3 nitrogen and oxygen atoms in total. The summed E-state index contributed by atoms with van der Waals surface area (Å²) >= 11 is 6.04. The van der Waals surface area contributed by atoms with Crippen molar-refractivity contribution in [3.63, 3.8) is 0 Å². The molecule has 1 amide bonds. The standard InChI is InChI=1S/C13H17ClN2O.ClH/c1-9-3-4-11(7-12(9)14)13(17)16-6-5-15-10(2)8-16;/h3-4,7,10,15H,5-6,8H2,1-2H3;1H/t10-;/m1./s1. The van der Waals surface area contributed by atoms with Crippen LogP contribution >= 0.6 is 24.0 Å². The van der Waals surface area contributed by atoms with Crippen LogP contribution < -0.4 is 5.32 Å². The van der Waals surface area contributed by atoms with Crippen molar-refractivity contribution < 1.29 is 4.79 Å². The van der Waals surface area contributed by atoms with Gasteiger partial charge in [-0.3, -0.25) is 4.79 Å². The third kappa shape index (κ3) is 3.37. The second-order valence-corrected chi connectivity index (χ2v) is 4.98. The maximum absolute atomic E-state index is 12.2. The number of aryl methyl sites for hydroxylation is 1. The number of nitrogens with zero attached hydrogens (tertiary/aromatic N) is 1. The Morgan fingerprint density at radius 3 is 2.83 bits per heavy atom. The highest BCUT2D eigenvalue weighted by Crippen LogP contribution is 2.18. The van der Waals surface area contributed by atoms with Crippen LogP contribution in [-0.4, -0.2) is 36.5 Å². The van der Waals surface area contributed by atoms with Gasteiger partial charge in [-0.25, -0.2) is 0 Å². The topological polar surface area (TPSA) is 32.3 Å². The zero-order valence-electron chi connectivity index (χ0n) is 10.6. The zero-order chi connectivity index (χ0) is 12.4. The van der Waals surface area contributed by atoms with E-state index in [-0.39, 0.29) is 18.3 Å². The van der Waals surface area contributed by atoms with E-state index in [0.29, 0.717) is 16.6 Å². The normalized spacial score (nSPS) is 19.3. The maximum atomic E-state index is 12.2. The minimum atomic E-state index is 0. The molecule has 0 unspecified atom stereocenters. The van der Waals surface area contributed by atoms with Crippen molar-refractivity contribution in [3.05, 3.63) is 34.3 Å². The average Bonchev–Trinajstić information content (AvgIpc) is 2.32. The van der Waals surface area contributed by atoms with Crippen LogP contribution in [0.4, 0.5) is 0 Å². The van der Waals surface area contributed by atoms with Crippen LogP contribution in [0.25, 0.3) is 0 Å². The summed E-state index contributed by atoms with van der Waals surface area (Å²) in [5, 5.41) is 3.97. The molecule has 1 aromatic carbocycles. The lowest BCUT2D eigenvalue weighted by molar-refractivity contribution is 0.0709. The summed E-state index contributed by atoms with van der Waals surface area (Å²) in [7, 11) is 0. The SMILES string of the molecule is Cc1ccc(C(=O)N2CCN[C@H](C)C2)cc1Cl.Cl. The number of halogens is 2. The number of benzene rings is 1. The third-order valence-corrected chi connectivity index (χ3v) is 3.48. The Kier molecular flexibility index (Phi) is 5.45. The first-order valence-corrected chi connectivity index (χ1v) is 6.24. The lowest BCUT2D eigenvalue weighted by Gasteiger charge is -2.32. The molecule has 0 saturated carbocycles. The van der Waals surface area contributed by atoms with Crippen molar-refractivity contribution in [3.8, 4) is 0 Å². The average molecular weight is 289 g/mol. The molecule has 1 fully saturated rings. The Hall–Kier alpha value is -0.770. The van der Waals surface area contributed by atoms with Crippen LogP contribution in [0.5, 0.6) is 0 Å². The third-order valence-electron chi connectivity index (χ3n) is 3.07. The van der Waals surface area contributed by atoms with Gasteiger partial charge in [-0.1, -0.05) is 17.7 Å². The molecule has 0 spiro atoms. The molecular formula is C13H18Cl2N2O. The van der Waals surface area contributed by atoms with Crippen molar-refractivity contribution in [2.75, 3.05) is 19.6 Å². The van der Waals surface area contributed by atoms with Gasteiger partial charge in [0.1, 0.15) is 0 Å². The Balaban J connectivity index is 0.00000162. The number of carbonyl (C=O) groups is 1. The minimum Gasteiger partial charge on any atom is -0.336 e. The van der Waals surface area contributed by atoms with E-state index >= 15 is 0 Å². The Morgan fingerprint density at radius 2 is 2.22 bits per heavy atom. The first-order chi connectivity index (χ1) is 8.08. The lowest BCUT2D eigenvalue weighted by atomic mass is 10.1. The largest absolute Gasteiger partial charge is 0.336 e. The molecule has 1 aliphatic rings. The first-order valence-electron chi connectivity index (χ1n) is 5.87. The van der Waals surface area contributed by atoms with Gasteiger partial charge in [0, 0.05) is 36.3 Å². The van der Waals surface area contributed by atoms with Crippen LogP contribution in [0, 0.1) is 6.92 Å². The lowest BCUT2D eigenvalue weighted by Crippen LogP contribution is -2.51. The van der Waals surface area contributed by atoms with E-state index in [4.69, 9.17) is 11.6 Å². The van der Waals surface area contributed by atoms with Gasteiger partial charge in [-0.2, -0.15) is 0 Å². The molecule has 0 bridgehead atoms. The Morgan fingerprint density at radius 1 is 1.50 bits per heavy atom. The molecule has 2 rings (SSSR count). The maximum Gasteiger partial charge on any atom is 0.254 e. The monoisotopic (exact) mass is 288 g/mol. The number of amides is 1. The number of rotatable bonds is 1. The minimum absolute atomic E-state index is 0. The van der Waals surface area contributed by atoms with Crippen LogP contribution in [-0.2, 0) is 0 Å². The van der Waals surface area contributed by atoms with Gasteiger partial charge >= 0.3 is 0 Å². The molecule has 100 valence electrons. The van der Waals surface area contributed by atoms with Gasteiger partial charge in [0.2, 0.25) is 0 Å². The zero-order valence-corrected chi connectivity index (χ0v) is 12.1. The van der Waals surface area contributed by atoms with Gasteiger partial charge in [-0.15, -0.1) is 12.4 Å². The molecule has 1 N–H and O–H groups in total. The molecule has 1 saturated heterocycles. The van der Waals surface area contributed by atoms with E-state index in [1.165, 1.54) is 0 Å². The van der Waals surface area contributed by atoms with Crippen LogP contribution in [0.1, 0.15) is 22.8 Å². The number of piperazine rings is 1. The summed E-state index contributed by atoms with van der Waals surface area (Å²) in [6, 6.07) is 5.84. The molecular weight excluding hydrogens is 271 g/mol. The van der Waals surface area contributed by atoms with Gasteiger partial charge in [0.25, 0.3) is 5.91 Å². The predicted molar refractivity (Wildman–Crippen MR) is 76.8 cm³/mol. The number of carbonyl (C=O) groups excluding carboxylic acids is 1. The molecule has 0 aromatic heterocycles. The highest BCUT2D eigenvalue weighted by Gasteiger charge is 2.21. The van der Waals surface area contributed by atoms with Crippen molar-refractivity contribution in [2.24, 2.45) is 0 Å². The molecule has 0 radical (unpaired) electrons. The van der Waals surface area contributed by atoms with Crippen LogP contribution in [0.15, 0.2) is 18.2 Å². The number of hydrogen-bond donors (Lipinski definition) is 1. The summed E-state index contributed by atoms with van der Waals surface area (Å²) in [6.07, 6.45) is 0. The summed E-state index contributed by atoms with van der Waals surface area (Å²) in [5.74, 6) is 0.0697. The smallest absolute Gasteiger partial charge is 0.254 e. The summed E-state index contributed by atoms with van der Waals surface area (Å²) < 4.78 is 0. The van der Waals surface area contributed by atoms with E-state index in [2.05, 4.69) is 12.2 Å². The second-order valence-electron chi connectivity index (χ2n) is 4.57. The van der Waals surface area contributed by atoms with Crippen molar-refractivity contribution in [1.82, 2.24) is 10.2 Å². The molecule has 18 heavy (non-hydrogen) atoms. The fourth-order valence-corrected chi connectivity index (χ4v) is 2.21. The summed E-state index contributed by atoms with van der Waals surface area (Å²) in [6.45, 7) is 6.39. The second kappa shape index (κ2) is 6.41. The molecule has 1 heterocycles. The quantitative estimate of drug-likeness (QED) is 0.861. The number of hydrogen-bond acceptors (Lipinski definition) is 2. The fraction of sp³-hybridized carbons (Fsp3) is 0.462. The van der Waals surface area contributed by atoms with E-state index in [1.807, 2.05) is 24.0 Å². The van der Waals surface area contributed by atoms with Gasteiger partial charge in [-0.05, 0) is 31.5 Å². The van der Waals surface area contributed by atoms with Crippen molar-refractivity contribution >= 4 is 29.9 Å². The summed E-state index contributed by atoms with van der Waals surface area (Å²) in [5.41, 5.74) is 1.67. The highest BCUT2D eigenvalue weighted by atomic mass is 35.5. The molecule has 0 aliphatic carbocycles. The van der Waals surface area contributed by atoms with Crippen molar-refractivity contribution in [2.45, 2.75) is 19.9 Å². The molecule has 5 heteroatoms. The highest BCUT2D eigenvalue weighted by molar-refractivity contribution is 6.31. The molecule has 1 aromatic rings. The first kappa shape index (κ1) is 15.3. The molecule has 1 aliphatic heterocycles. The summed E-state index contributed by atoms with van der Waals surface area (Å²) in [4.78, 5) is 14.1. The Labute approximate surface area is 119 Å². The van der Waals surface area contributed by atoms with Crippen LogP contribution in [0.2, 0.25) is 5.02 Å². The molecule has 1 atom stereocenters. The van der Waals surface area contributed by atoms with Gasteiger partial charge in [0.05, 0.1) is 0 Å². The van der Waals surface area contributed by atoms with E-state index in [1.54, 1.807) is 6.07 Å². The van der Waals surface area contributed by atoms with Crippen LogP contribution in [0.3, 0.4) is 0 Å². The number of nitrogens with one attached hydrogen (secondary N) is 1. The van der Waals surface area contributed by atoms with Gasteiger partial charge in [0.15, 0.2) is 0 Å². The van der Waals surface area contributed by atoms with E-state index in [0.717, 1.165) is 25.2 Å².